The highest BCUT2D eigenvalue weighted by molar-refractivity contribution is 5.87. The number of carboxylic acid groups (broad SMARTS) is 1. The highest BCUT2D eigenvalue weighted by Crippen LogP contribution is 2.28. The molecule has 1 atom stereocenters. The minimum Gasteiger partial charge on any atom is -0.477 e. The average molecular weight is 429 g/mol. The Kier molecular flexibility index (Phi) is 4.90. The number of nitrogens with zero attached hydrogens (tertiary/aromatic N) is 3. The number of aliphatic hydroxyl groups is 1. The maximum absolute atomic E-state index is 12.6. The summed E-state index contributed by atoms with van der Waals surface area (Å²) in [5.41, 5.74) is 3.97. The van der Waals surface area contributed by atoms with E-state index in [0.717, 1.165) is 34.1 Å². The van der Waals surface area contributed by atoms with Crippen LogP contribution in [0.1, 0.15) is 46.3 Å². The second kappa shape index (κ2) is 7.76. The van der Waals surface area contributed by atoms with Crippen molar-refractivity contribution in [3.8, 4) is 11.1 Å². The molecule has 1 aliphatic rings. The Balaban J connectivity index is 1.49. The molecule has 2 N–H and O–H groups in total. The number of pyridine rings is 2. The van der Waals surface area contributed by atoms with Crippen LogP contribution in [0.4, 0.5) is 0 Å². The number of benzene rings is 1. The fourth-order valence-electron chi connectivity index (χ4n) is 4.57. The van der Waals surface area contributed by atoms with Crippen LogP contribution in [0.3, 0.4) is 0 Å². The van der Waals surface area contributed by atoms with E-state index in [9.17, 15) is 19.8 Å². The number of rotatable bonds is 4. The molecule has 1 aromatic carbocycles. The summed E-state index contributed by atoms with van der Waals surface area (Å²) in [6.07, 6.45) is 6.11. The Bertz CT molecular complexity index is 1400. The molecule has 3 aromatic heterocycles. The van der Waals surface area contributed by atoms with E-state index in [1.165, 1.54) is 6.20 Å². The molecule has 32 heavy (non-hydrogen) atoms. The summed E-state index contributed by atoms with van der Waals surface area (Å²) in [4.78, 5) is 28.8. The number of aromatic carboxylic acids is 1. The second-order valence-electron chi connectivity index (χ2n) is 8.31. The van der Waals surface area contributed by atoms with Gasteiger partial charge in [0.25, 0.3) is 0 Å². The molecular formula is C25H23N3O4. The molecule has 3 heterocycles. The Morgan fingerprint density at radius 1 is 1.19 bits per heavy atom. The van der Waals surface area contributed by atoms with Crippen molar-refractivity contribution >= 4 is 16.9 Å². The van der Waals surface area contributed by atoms with Crippen molar-refractivity contribution < 1.29 is 15.0 Å². The SMILES string of the molecule is Cn1ccc2cc(-c3ccc(Cn4cc(C(=O)O)c(=O)c5c4CCCC5O)nc3)ccc21. The predicted molar refractivity (Wildman–Crippen MR) is 121 cm³/mol. The molecule has 5 rings (SSSR count). The van der Waals surface area contributed by atoms with Crippen LogP contribution in [0, 0.1) is 0 Å². The number of aliphatic hydroxyl groups excluding tert-OH is 1. The summed E-state index contributed by atoms with van der Waals surface area (Å²) >= 11 is 0. The van der Waals surface area contributed by atoms with Gasteiger partial charge in [-0.15, -0.1) is 0 Å². The first-order valence-corrected chi connectivity index (χ1v) is 10.6. The molecule has 0 saturated carbocycles. The van der Waals surface area contributed by atoms with E-state index < -0.39 is 17.5 Å². The Morgan fingerprint density at radius 3 is 2.75 bits per heavy atom. The average Bonchev–Trinajstić information content (AvgIpc) is 3.16. The van der Waals surface area contributed by atoms with E-state index in [0.29, 0.717) is 25.1 Å². The quantitative estimate of drug-likeness (QED) is 0.517. The molecule has 7 nitrogen and oxygen atoms in total. The molecule has 4 aromatic rings. The summed E-state index contributed by atoms with van der Waals surface area (Å²) in [5.74, 6) is -1.29. The van der Waals surface area contributed by atoms with Gasteiger partial charge in [0.1, 0.15) is 5.56 Å². The van der Waals surface area contributed by atoms with Gasteiger partial charge in [0.2, 0.25) is 5.43 Å². The first-order chi connectivity index (χ1) is 15.4. The van der Waals surface area contributed by atoms with Crippen molar-refractivity contribution in [3.05, 3.63) is 87.7 Å². The van der Waals surface area contributed by atoms with Crippen molar-refractivity contribution in [2.24, 2.45) is 7.05 Å². The van der Waals surface area contributed by atoms with Crippen molar-refractivity contribution in [1.29, 1.82) is 0 Å². The van der Waals surface area contributed by atoms with Crippen molar-refractivity contribution in [2.45, 2.75) is 31.9 Å². The molecule has 162 valence electrons. The van der Waals surface area contributed by atoms with Crippen LogP contribution >= 0.6 is 0 Å². The molecular weight excluding hydrogens is 406 g/mol. The summed E-state index contributed by atoms with van der Waals surface area (Å²) in [6, 6.07) is 12.3. The van der Waals surface area contributed by atoms with E-state index >= 15 is 0 Å². The maximum Gasteiger partial charge on any atom is 0.341 e. The molecule has 0 fully saturated rings. The van der Waals surface area contributed by atoms with E-state index in [-0.39, 0.29) is 11.1 Å². The molecule has 1 aliphatic carbocycles. The normalized spacial score (nSPS) is 15.6. The number of aryl methyl sites for hydroxylation is 1. The second-order valence-corrected chi connectivity index (χ2v) is 8.31. The van der Waals surface area contributed by atoms with Crippen LogP contribution in [0.15, 0.2) is 59.8 Å². The zero-order valence-corrected chi connectivity index (χ0v) is 17.7. The monoisotopic (exact) mass is 429 g/mol. The third kappa shape index (κ3) is 3.40. The first kappa shape index (κ1) is 20.2. The third-order valence-corrected chi connectivity index (χ3v) is 6.26. The van der Waals surface area contributed by atoms with E-state index in [1.54, 1.807) is 10.8 Å². The van der Waals surface area contributed by atoms with E-state index in [2.05, 4.69) is 33.8 Å². The fraction of sp³-hybridized carbons (Fsp3) is 0.240. The topological polar surface area (TPSA) is 97.3 Å². The van der Waals surface area contributed by atoms with Gasteiger partial charge >= 0.3 is 5.97 Å². The number of hydrogen-bond donors (Lipinski definition) is 2. The van der Waals surface area contributed by atoms with Crippen molar-refractivity contribution in [2.75, 3.05) is 0 Å². The summed E-state index contributed by atoms with van der Waals surface area (Å²) in [6.45, 7) is 0.327. The van der Waals surface area contributed by atoms with Gasteiger partial charge in [0, 0.05) is 53.4 Å². The zero-order chi connectivity index (χ0) is 22.4. The van der Waals surface area contributed by atoms with Gasteiger partial charge in [0.05, 0.1) is 18.3 Å². The van der Waals surface area contributed by atoms with Gasteiger partial charge in [-0.3, -0.25) is 9.78 Å². The third-order valence-electron chi connectivity index (χ3n) is 6.26. The van der Waals surface area contributed by atoms with Gasteiger partial charge < -0.3 is 19.3 Å². The number of carboxylic acids is 1. The molecule has 0 amide bonds. The Morgan fingerprint density at radius 2 is 2.00 bits per heavy atom. The highest BCUT2D eigenvalue weighted by Gasteiger charge is 2.27. The summed E-state index contributed by atoms with van der Waals surface area (Å²) in [7, 11) is 2.02. The van der Waals surface area contributed by atoms with Gasteiger partial charge in [0.15, 0.2) is 0 Å². The minimum absolute atomic E-state index is 0.212. The lowest BCUT2D eigenvalue weighted by atomic mass is 9.91. The molecule has 0 spiro atoms. The lowest BCUT2D eigenvalue weighted by Gasteiger charge is -2.25. The number of carbonyl (C=O) groups is 1. The van der Waals surface area contributed by atoms with Gasteiger partial charge in [-0.25, -0.2) is 4.79 Å². The van der Waals surface area contributed by atoms with Crippen LogP contribution in [-0.4, -0.2) is 30.3 Å². The predicted octanol–water partition coefficient (Wildman–Crippen LogP) is 3.52. The fourth-order valence-corrected chi connectivity index (χ4v) is 4.57. The van der Waals surface area contributed by atoms with Gasteiger partial charge in [-0.05, 0) is 49.1 Å². The number of fused-ring (bicyclic) bond motifs is 2. The lowest BCUT2D eigenvalue weighted by Crippen LogP contribution is -2.30. The highest BCUT2D eigenvalue weighted by atomic mass is 16.4. The smallest absolute Gasteiger partial charge is 0.341 e. The van der Waals surface area contributed by atoms with Crippen LogP contribution < -0.4 is 5.43 Å². The lowest BCUT2D eigenvalue weighted by molar-refractivity contribution is 0.0693. The Labute approximate surface area is 184 Å². The largest absolute Gasteiger partial charge is 0.477 e. The van der Waals surface area contributed by atoms with E-state index in [1.807, 2.05) is 25.4 Å². The van der Waals surface area contributed by atoms with Crippen LogP contribution in [0.2, 0.25) is 0 Å². The standard InChI is InChI=1S/C25H23N3O4/c1-27-10-9-16-11-15(6-8-20(16)27)17-5-7-18(26-12-17)13-28-14-19(25(31)32)24(30)23-21(28)3-2-4-22(23)29/h5-12,14,22,29H,2-4,13H2,1H3,(H,31,32). The van der Waals surface area contributed by atoms with Crippen LogP contribution in [0.25, 0.3) is 22.0 Å². The van der Waals surface area contributed by atoms with Gasteiger partial charge in [-0.1, -0.05) is 12.1 Å². The first-order valence-electron chi connectivity index (χ1n) is 10.6. The summed E-state index contributed by atoms with van der Waals surface area (Å²) < 4.78 is 3.83. The number of aromatic nitrogens is 3. The van der Waals surface area contributed by atoms with Crippen molar-refractivity contribution in [1.82, 2.24) is 14.1 Å². The summed E-state index contributed by atoms with van der Waals surface area (Å²) in [5, 5.41) is 21.0. The molecule has 0 saturated heterocycles. The Hall–Kier alpha value is -3.71. The molecule has 0 bridgehead atoms. The minimum atomic E-state index is -1.29. The molecule has 0 aliphatic heterocycles. The van der Waals surface area contributed by atoms with Crippen LogP contribution in [0.5, 0.6) is 0 Å². The van der Waals surface area contributed by atoms with Gasteiger partial charge in [-0.2, -0.15) is 0 Å². The van der Waals surface area contributed by atoms with Crippen molar-refractivity contribution in [3.63, 3.8) is 0 Å². The molecule has 0 radical (unpaired) electrons. The maximum atomic E-state index is 12.6. The van der Waals surface area contributed by atoms with E-state index in [4.69, 9.17) is 0 Å². The molecule has 1 unspecified atom stereocenters. The number of hydrogen-bond acceptors (Lipinski definition) is 4. The van der Waals surface area contributed by atoms with Crippen LogP contribution in [-0.2, 0) is 20.0 Å². The molecule has 7 heteroatoms. The zero-order valence-electron chi connectivity index (χ0n) is 17.7.